The Bertz CT molecular complexity index is 865. The Labute approximate surface area is 132 Å². The van der Waals surface area contributed by atoms with Gasteiger partial charge in [0.05, 0.1) is 16.6 Å². The van der Waals surface area contributed by atoms with Crippen molar-refractivity contribution in [2.45, 2.75) is 6.92 Å². The van der Waals surface area contributed by atoms with E-state index < -0.39 is 4.92 Å². The van der Waals surface area contributed by atoms with E-state index in [0.717, 1.165) is 11.1 Å². The van der Waals surface area contributed by atoms with Crippen molar-refractivity contribution in [3.05, 3.63) is 63.2 Å². The SMILES string of the molecule is Cc1cc2c(cc1/C=C(/C#N)c1cccc([N+](=O)[O-])c1)OCO2. The van der Waals surface area contributed by atoms with Gasteiger partial charge in [0, 0.05) is 12.1 Å². The van der Waals surface area contributed by atoms with E-state index in [-0.39, 0.29) is 12.5 Å². The zero-order chi connectivity index (χ0) is 16.4. The molecule has 23 heavy (non-hydrogen) atoms. The van der Waals surface area contributed by atoms with E-state index in [0.29, 0.717) is 22.6 Å². The van der Waals surface area contributed by atoms with Crippen LogP contribution in [-0.2, 0) is 0 Å². The van der Waals surface area contributed by atoms with E-state index in [1.165, 1.54) is 12.1 Å². The summed E-state index contributed by atoms with van der Waals surface area (Å²) >= 11 is 0. The predicted octanol–water partition coefficient (Wildman–Crippen LogP) is 3.70. The van der Waals surface area contributed by atoms with Crippen LogP contribution in [0.25, 0.3) is 11.6 Å². The van der Waals surface area contributed by atoms with Crippen LogP contribution in [0.5, 0.6) is 11.5 Å². The van der Waals surface area contributed by atoms with E-state index in [4.69, 9.17) is 9.47 Å². The maximum atomic E-state index is 10.9. The number of allylic oxidation sites excluding steroid dienone is 1. The highest BCUT2D eigenvalue weighted by Crippen LogP contribution is 2.36. The quantitative estimate of drug-likeness (QED) is 0.373. The van der Waals surface area contributed by atoms with E-state index in [1.807, 2.05) is 13.0 Å². The second-order valence-electron chi connectivity index (χ2n) is 5.04. The van der Waals surface area contributed by atoms with Gasteiger partial charge in [-0.05, 0) is 41.8 Å². The van der Waals surface area contributed by atoms with Crippen LogP contribution in [0.4, 0.5) is 5.69 Å². The molecule has 0 saturated heterocycles. The van der Waals surface area contributed by atoms with Crippen LogP contribution in [0.15, 0.2) is 36.4 Å². The van der Waals surface area contributed by atoms with Gasteiger partial charge in [0.25, 0.3) is 5.69 Å². The van der Waals surface area contributed by atoms with Gasteiger partial charge in [0.15, 0.2) is 11.5 Å². The van der Waals surface area contributed by atoms with Gasteiger partial charge >= 0.3 is 0 Å². The average Bonchev–Trinajstić information content (AvgIpc) is 2.99. The number of rotatable bonds is 3. The minimum atomic E-state index is -0.482. The molecule has 0 aromatic heterocycles. The van der Waals surface area contributed by atoms with Gasteiger partial charge < -0.3 is 9.47 Å². The molecule has 114 valence electrons. The molecule has 1 heterocycles. The summed E-state index contributed by atoms with van der Waals surface area (Å²) in [5.41, 5.74) is 2.52. The second-order valence-corrected chi connectivity index (χ2v) is 5.04. The van der Waals surface area contributed by atoms with Gasteiger partial charge in [0.2, 0.25) is 6.79 Å². The van der Waals surface area contributed by atoms with Crippen LogP contribution in [0.1, 0.15) is 16.7 Å². The summed E-state index contributed by atoms with van der Waals surface area (Å²) in [6, 6.07) is 11.7. The summed E-state index contributed by atoms with van der Waals surface area (Å²) in [6.07, 6.45) is 1.69. The van der Waals surface area contributed by atoms with E-state index >= 15 is 0 Å². The van der Waals surface area contributed by atoms with Gasteiger partial charge in [-0.1, -0.05) is 12.1 Å². The monoisotopic (exact) mass is 308 g/mol. The van der Waals surface area contributed by atoms with Gasteiger partial charge in [-0.3, -0.25) is 10.1 Å². The highest BCUT2D eigenvalue weighted by atomic mass is 16.7. The first-order valence-corrected chi connectivity index (χ1v) is 6.85. The van der Waals surface area contributed by atoms with Crippen LogP contribution in [0, 0.1) is 28.4 Å². The number of benzene rings is 2. The maximum Gasteiger partial charge on any atom is 0.270 e. The Balaban J connectivity index is 2.05. The minimum Gasteiger partial charge on any atom is -0.454 e. The maximum absolute atomic E-state index is 10.9. The Morgan fingerprint density at radius 1 is 1.30 bits per heavy atom. The number of aryl methyl sites for hydroxylation is 1. The molecule has 0 saturated carbocycles. The molecule has 0 N–H and O–H groups in total. The lowest BCUT2D eigenvalue weighted by Gasteiger charge is -2.05. The molecule has 0 unspecified atom stereocenters. The second kappa shape index (κ2) is 5.81. The van der Waals surface area contributed by atoms with E-state index in [9.17, 15) is 15.4 Å². The Morgan fingerprint density at radius 2 is 2.04 bits per heavy atom. The lowest BCUT2D eigenvalue weighted by Crippen LogP contribution is -1.92. The fourth-order valence-electron chi connectivity index (χ4n) is 2.34. The van der Waals surface area contributed by atoms with Crippen molar-refractivity contribution in [1.29, 1.82) is 5.26 Å². The molecule has 6 heteroatoms. The number of nitro benzene ring substituents is 1. The Morgan fingerprint density at radius 3 is 2.74 bits per heavy atom. The van der Waals surface area contributed by atoms with Crippen LogP contribution >= 0.6 is 0 Å². The van der Waals surface area contributed by atoms with Crippen molar-refractivity contribution >= 4 is 17.3 Å². The molecule has 0 fully saturated rings. The molecule has 1 aliphatic heterocycles. The van der Waals surface area contributed by atoms with E-state index in [1.54, 1.807) is 24.3 Å². The molecule has 2 aromatic rings. The number of hydrogen-bond acceptors (Lipinski definition) is 5. The largest absolute Gasteiger partial charge is 0.454 e. The molecule has 0 spiro atoms. The lowest BCUT2D eigenvalue weighted by molar-refractivity contribution is -0.384. The Kier molecular flexibility index (Phi) is 3.69. The summed E-state index contributed by atoms with van der Waals surface area (Å²) in [4.78, 5) is 10.4. The van der Waals surface area contributed by atoms with Crippen molar-refractivity contribution in [2.24, 2.45) is 0 Å². The zero-order valence-electron chi connectivity index (χ0n) is 12.3. The van der Waals surface area contributed by atoms with Crippen molar-refractivity contribution < 1.29 is 14.4 Å². The molecular weight excluding hydrogens is 296 g/mol. The van der Waals surface area contributed by atoms with Crippen LogP contribution in [-0.4, -0.2) is 11.7 Å². The summed E-state index contributed by atoms with van der Waals surface area (Å²) in [6.45, 7) is 2.08. The number of ether oxygens (including phenoxy) is 2. The number of nitrogens with zero attached hydrogens (tertiary/aromatic N) is 2. The highest BCUT2D eigenvalue weighted by Gasteiger charge is 2.16. The van der Waals surface area contributed by atoms with Crippen molar-refractivity contribution in [3.8, 4) is 17.6 Å². The van der Waals surface area contributed by atoms with Crippen molar-refractivity contribution in [2.75, 3.05) is 6.79 Å². The third kappa shape index (κ3) is 2.85. The molecule has 0 bridgehead atoms. The summed E-state index contributed by atoms with van der Waals surface area (Å²) in [5.74, 6) is 1.30. The zero-order valence-corrected chi connectivity index (χ0v) is 12.3. The van der Waals surface area contributed by atoms with Crippen molar-refractivity contribution in [3.63, 3.8) is 0 Å². The molecule has 1 aliphatic rings. The summed E-state index contributed by atoms with van der Waals surface area (Å²) in [5, 5.41) is 20.3. The minimum absolute atomic E-state index is 0.0499. The molecule has 3 rings (SSSR count). The third-order valence-corrected chi connectivity index (χ3v) is 3.55. The van der Waals surface area contributed by atoms with Gasteiger partial charge in [-0.25, -0.2) is 0 Å². The highest BCUT2D eigenvalue weighted by molar-refractivity contribution is 5.91. The standard InChI is InChI=1S/C17H12N2O4/c1-11-5-16-17(23-10-22-16)8-13(11)6-14(9-18)12-3-2-4-15(7-12)19(20)21/h2-8H,10H2,1H3/b14-6-. The number of nitro groups is 1. The molecule has 0 radical (unpaired) electrons. The first-order valence-electron chi connectivity index (χ1n) is 6.85. The summed E-state index contributed by atoms with van der Waals surface area (Å²) < 4.78 is 10.7. The smallest absolute Gasteiger partial charge is 0.270 e. The van der Waals surface area contributed by atoms with E-state index in [2.05, 4.69) is 6.07 Å². The Hall–Kier alpha value is -3.33. The number of fused-ring (bicyclic) bond motifs is 1. The normalized spacial score (nSPS) is 12.8. The number of nitriles is 1. The number of non-ortho nitro benzene ring substituents is 1. The molecule has 0 atom stereocenters. The third-order valence-electron chi connectivity index (χ3n) is 3.55. The van der Waals surface area contributed by atoms with Crippen LogP contribution < -0.4 is 9.47 Å². The first kappa shape index (κ1) is 14.6. The fourth-order valence-corrected chi connectivity index (χ4v) is 2.34. The van der Waals surface area contributed by atoms with Crippen LogP contribution in [0.2, 0.25) is 0 Å². The molecule has 2 aromatic carbocycles. The predicted molar refractivity (Wildman–Crippen MR) is 83.9 cm³/mol. The molecular formula is C17H12N2O4. The van der Waals surface area contributed by atoms with Gasteiger partial charge in [-0.2, -0.15) is 5.26 Å². The van der Waals surface area contributed by atoms with Crippen molar-refractivity contribution in [1.82, 2.24) is 0 Å². The molecule has 0 aliphatic carbocycles. The van der Waals surface area contributed by atoms with Crippen LogP contribution in [0.3, 0.4) is 0 Å². The number of hydrogen-bond donors (Lipinski definition) is 0. The average molecular weight is 308 g/mol. The summed E-state index contributed by atoms with van der Waals surface area (Å²) in [7, 11) is 0. The van der Waals surface area contributed by atoms with Gasteiger partial charge in [-0.15, -0.1) is 0 Å². The topological polar surface area (TPSA) is 85.4 Å². The fraction of sp³-hybridized carbons (Fsp3) is 0.118. The molecule has 6 nitrogen and oxygen atoms in total. The van der Waals surface area contributed by atoms with Gasteiger partial charge in [0.1, 0.15) is 0 Å². The lowest BCUT2D eigenvalue weighted by atomic mass is 10.0. The first-order chi connectivity index (χ1) is 11.1. The molecule has 0 amide bonds.